The van der Waals surface area contributed by atoms with Crippen LogP contribution in [0.3, 0.4) is 0 Å². The average molecular weight is 427 g/mol. The van der Waals surface area contributed by atoms with Crippen LogP contribution in [0, 0.1) is 5.82 Å². The van der Waals surface area contributed by atoms with Crippen molar-refractivity contribution in [1.82, 2.24) is 19.7 Å². The van der Waals surface area contributed by atoms with E-state index in [1.165, 1.54) is 13.2 Å². The Morgan fingerprint density at radius 1 is 1.16 bits per heavy atom. The zero-order valence-electron chi connectivity index (χ0n) is 17.9. The summed E-state index contributed by atoms with van der Waals surface area (Å²) in [6.07, 6.45) is 8.20. The van der Waals surface area contributed by atoms with Gasteiger partial charge >= 0.3 is 0 Å². The number of rotatable bonds is 11. The van der Waals surface area contributed by atoms with E-state index in [1.807, 2.05) is 6.20 Å². The number of ketones is 1. The second kappa shape index (κ2) is 10.6. The van der Waals surface area contributed by atoms with Gasteiger partial charge in [0.2, 0.25) is 5.95 Å². The van der Waals surface area contributed by atoms with E-state index in [2.05, 4.69) is 20.4 Å². The van der Waals surface area contributed by atoms with Crippen LogP contribution < -0.4 is 10.1 Å². The Balaban J connectivity index is 1.64. The summed E-state index contributed by atoms with van der Waals surface area (Å²) in [5, 5.41) is 7.32. The van der Waals surface area contributed by atoms with E-state index in [0.29, 0.717) is 49.5 Å². The van der Waals surface area contributed by atoms with E-state index >= 15 is 0 Å². The number of halogens is 1. The van der Waals surface area contributed by atoms with E-state index in [4.69, 9.17) is 9.47 Å². The van der Waals surface area contributed by atoms with E-state index in [1.54, 1.807) is 43.4 Å². The Hall–Kier alpha value is -3.33. The molecule has 0 fully saturated rings. The van der Waals surface area contributed by atoms with Crippen molar-refractivity contribution in [3.05, 3.63) is 59.4 Å². The first-order chi connectivity index (χ1) is 15.0. The molecule has 9 heteroatoms. The number of methoxy groups -OCH3 is 2. The Morgan fingerprint density at radius 3 is 2.61 bits per heavy atom. The highest BCUT2D eigenvalue weighted by atomic mass is 19.1. The van der Waals surface area contributed by atoms with Gasteiger partial charge in [-0.3, -0.25) is 9.48 Å². The SMILES string of the molecule is CCC(=O)c1cc(CCc2cnc(Nc3cnn(CCOC)c3)nc2)c(F)c(OC)c1. The van der Waals surface area contributed by atoms with Crippen LogP contribution in [0.5, 0.6) is 5.75 Å². The van der Waals surface area contributed by atoms with Gasteiger partial charge in [-0.15, -0.1) is 0 Å². The first-order valence-corrected chi connectivity index (χ1v) is 10.0. The third-order valence-corrected chi connectivity index (χ3v) is 4.78. The summed E-state index contributed by atoms with van der Waals surface area (Å²) < 4.78 is 26.5. The Bertz CT molecular complexity index is 1020. The number of hydrogen-bond donors (Lipinski definition) is 1. The van der Waals surface area contributed by atoms with Crippen LogP contribution in [-0.4, -0.2) is 46.4 Å². The molecule has 2 heterocycles. The maximum atomic E-state index is 14.6. The van der Waals surface area contributed by atoms with E-state index < -0.39 is 5.82 Å². The maximum absolute atomic E-state index is 14.6. The molecule has 31 heavy (non-hydrogen) atoms. The summed E-state index contributed by atoms with van der Waals surface area (Å²) >= 11 is 0. The van der Waals surface area contributed by atoms with Crippen molar-refractivity contribution in [2.45, 2.75) is 32.7 Å². The van der Waals surface area contributed by atoms with Crippen molar-refractivity contribution in [3.63, 3.8) is 0 Å². The highest BCUT2D eigenvalue weighted by Crippen LogP contribution is 2.25. The molecule has 0 radical (unpaired) electrons. The van der Waals surface area contributed by atoms with Crippen molar-refractivity contribution >= 4 is 17.4 Å². The number of carbonyl (C=O) groups is 1. The summed E-state index contributed by atoms with van der Waals surface area (Å²) in [7, 11) is 3.04. The minimum Gasteiger partial charge on any atom is -0.494 e. The third-order valence-electron chi connectivity index (χ3n) is 4.78. The molecule has 0 saturated heterocycles. The number of Topliss-reactive ketones (excluding diaryl/α,β-unsaturated/α-hetero) is 1. The number of benzene rings is 1. The number of aryl methyl sites for hydroxylation is 2. The molecule has 8 nitrogen and oxygen atoms in total. The van der Waals surface area contributed by atoms with Crippen molar-refractivity contribution in [1.29, 1.82) is 0 Å². The van der Waals surface area contributed by atoms with Gasteiger partial charge in [-0.25, -0.2) is 14.4 Å². The molecule has 1 aromatic carbocycles. The summed E-state index contributed by atoms with van der Waals surface area (Å²) in [5.41, 5.74) is 2.52. The van der Waals surface area contributed by atoms with Gasteiger partial charge in [0.15, 0.2) is 17.3 Å². The average Bonchev–Trinajstić information content (AvgIpc) is 3.24. The third kappa shape index (κ3) is 5.85. The van der Waals surface area contributed by atoms with Crippen molar-refractivity contribution in [2.75, 3.05) is 26.1 Å². The lowest BCUT2D eigenvalue weighted by Crippen LogP contribution is -2.05. The fourth-order valence-corrected chi connectivity index (χ4v) is 3.04. The van der Waals surface area contributed by atoms with Gasteiger partial charge in [0.25, 0.3) is 0 Å². The number of nitrogens with zero attached hydrogens (tertiary/aromatic N) is 4. The Morgan fingerprint density at radius 2 is 1.94 bits per heavy atom. The van der Waals surface area contributed by atoms with Gasteiger partial charge < -0.3 is 14.8 Å². The Labute approximate surface area is 180 Å². The molecule has 3 aromatic rings. The highest BCUT2D eigenvalue weighted by molar-refractivity contribution is 5.96. The molecule has 3 rings (SSSR count). The Kier molecular flexibility index (Phi) is 7.66. The summed E-state index contributed by atoms with van der Waals surface area (Å²) in [6, 6.07) is 3.05. The molecule has 2 aromatic heterocycles. The molecule has 0 atom stereocenters. The summed E-state index contributed by atoms with van der Waals surface area (Å²) in [4.78, 5) is 20.7. The monoisotopic (exact) mass is 427 g/mol. The molecule has 0 spiro atoms. The van der Waals surface area contributed by atoms with Crippen molar-refractivity contribution < 1.29 is 18.7 Å². The molecular weight excluding hydrogens is 401 g/mol. The quantitative estimate of drug-likeness (QED) is 0.468. The van der Waals surface area contributed by atoms with Gasteiger partial charge in [-0.1, -0.05) is 6.92 Å². The van der Waals surface area contributed by atoms with E-state index in [-0.39, 0.29) is 11.5 Å². The fraction of sp³-hybridized carbons (Fsp3) is 0.364. The zero-order valence-corrected chi connectivity index (χ0v) is 17.9. The predicted molar refractivity (Wildman–Crippen MR) is 114 cm³/mol. The van der Waals surface area contributed by atoms with Gasteiger partial charge in [-0.05, 0) is 36.1 Å². The topological polar surface area (TPSA) is 91.2 Å². The normalized spacial score (nSPS) is 10.8. The maximum Gasteiger partial charge on any atom is 0.227 e. The molecule has 0 aliphatic rings. The lowest BCUT2D eigenvalue weighted by atomic mass is 10.00. The summed E-state index contributed by atoms with van der Waals surface area (Å²) in [6.45, 7) is 3.01. The molecular formula is C22H26FN5O3. The molecule has 0 aliphatic carbocycles. The number of aromatic nitrogens is 4. The van der Waals surface area contributed by atoms with Crippen LogP contribution in [0.25, 0.3) is 0 Å². The number of carbonyl (C=O) groups excluding carboxylic acids is 1. The minimum absolute atomic E-state index is 0.0520. The number of ether oxygens (including phenoxy) is 2. The lowest BCUT2D eigenvalue weighted by Gasteiger charge is -2.11. The molecule has 0 saturated carbocycles. The van der Waals surface area contributed by atoms with Crippen LogP contribution in [0.4, 0.5) is 16.0 Å². The minimum atomic E-state index is -0.445. The number of nitrogens with one attached hydrogen (secondary N) is 1. The van der Waals surface area contributed by atoms with Gasteiger partial charge in [0.05, 0.1) is 32.1 Å². The number of hydrogen-bond acceptors (Lipinski definition) is 7. The van der Waals surface area contributed by atoms with Crippen molar-refractivity contribution in [2.24, 2.45) is 0 Å². The van der Waals surface area contributed by atoms with E-state index in [9.17, 15) is 9.18 Å². The van der Waals surface area contributed by atoms with Crippen LogP contribution in [0.15, 0.2) is 36.9 Å². The van der Waals surface area contributed by atoms with Crippen LogP contribution in [-0.2, 0) is 24.1 Å². The smallest absolute Gasteiger partial charge is 0.227 e. The van der Waals surface area contributed by atoms with E-state index in [0.717, 1.165) is 11.3 Å². The molecule has 164 valence electrons. The summed E-state index contributed by atoms with van der Waals surface area (Å²) in [5.74, 6) is 0.0262. The van der Waals surface area contributed by atoms with Gasteiger partial charge in [0.1, 0.15) is 0 Å². The first kappa shape index (κ1) is 22.4. The highest BCUT2D eigenvalue weighted by Gasteiger charge is 2.15. The van der Waals surface area contributed by atoms with Gasteiger partial charge in [-0.2, -0.15) is 5.10 Å². The molecule has 0 aliphatic heterocycles. The molecule has 0 bridgehead atoms. The largest absolute Gasteiger partial charge is 0.494 e. The van der Waals surface area contributed by atoms with Gasteiger partial charge in [0, 0.05) is 37.7 Å². The lowest BCUT2D eigenvalue weighted by molar-refractivity contribution is 0.0987. The zero-order chi connectivity index (χ0) is 22.2. The second-order valence-corrected chi connectivity index (χ2v) is 6.95. The first-order valence-electron chi connectivity index (χ1n) is 10.0. The van der Waals surface area contributed by atoms with Crippen molar-refractivity contribution in [3.8, 4) is 5.75 Å². The standard InChI is InChI=1S/C22H26FN5O3/c1-4-19(29)17-9-16(21(23)20(10-17)31-3)6-5-15-11-24-22(25-12-15)27-18-13-26-28(14-18)7-8-30-2/h9-14H,4-8H2,1-3H3,(H,24,25,27). The van der Waals surface area contributed by atoms with Crippen LogP contribution >= 0.6 is 0 Å². The molecule has 0 unspecified atom stereocenters. The second-order valence-electron chi connectivity index (χ2n) is 6.95. The molecule has 1 N–H and O–H groups in total. The fourth-order valence-electron chi connectivity index (χ4n) is 3.04. The van der Waals surface area contributed by atoms with Crippen LogP contribution in [0.2, 0.25) is 0 Å². The number of anilines is 2. The van der Waals surface area contributed by atoms with Crippen LogP contribution in [0.1, 0.15) is 34.8 Å². The molecule has 0 amide bonds. The predicted octanol–water partition coefficient (Wildman–Crippen LogP) is 3.59.